The molecule has 0 aromatic heterocycles. The summed E-state index contributed by atoms with van der Waals surface area (Å²) >= 11 is -4.46. The van der Waals surface area contributed by atoms with E-state index < -0.39 is 65.4 Å². The Hall–Kier alpha value is -2.44. The van der Waals surface area contributed by atoms with E-state index in [1.165, 1.54) is 5.79 Å². The molecule has 0 nitrogen and oxygen atoms in total. The van der Waals surface area contributed by atoms with Crippen LogP contribution in [0.25, 0.3) is 0 Å². The molecular weight excluding hydrogens is 426 g/mol. The summed E-state index contributed by atoms with van der Waals surface area (Å²) in [7, 11) is 0. The summed E-state index contributed by atoms with van der Waals surface area (Å²) in [5.74, 6) is -14.2. The van der Waals surface area contributed by atoms with Crippen molar-refractivity contribution in [1.82, 2.24) is 0 Å². The minimum absolute atomic E-state index is 0.357. The van der Waals surface area contributed by atoms with Crippen LogP contribution in [0.3, 0.4) is 0 Å². The van der Waals surface area contributed by atoms with Crippen LogP contribution in [-0.4, -0.2) is 13.1 Å². The van der Waals surface area contributed by atoms with Gasteiger partial charge in [-0.2, -0.15) is 5.79 Å². The third kappa shape index (κ3) is 3.51. The lowest BCUT2D eigenvalue weighted by atomic mass is 10.3. The Kier molecular flexibility index (Phi) is 5.45. The Bertz CT molecular complexity index is 918. The van der Waals surface area contributed by atoms with E-state index in [4.69, 9.17) is 0 Å². The van der Waals surface area contributed by atoms with Crippen LogP contribution in [0.1, 0.15) is 0 Å². The van der Waals surface area contributed by atoms with Gasteiger partial charge in [0.15, 0.2) is 52.4 Å². The summed E-state index contributed by atoms with van der Waals surface area (Å²) in [6.07, 6.45) is 0. The molecule has 0 aliphatic carbocycles. The van der Waals surface area contributed by atoms with Crippen LogP contribution >= 0.6 is 0 Å². The van der Waals surface area contributed by atoms with Gasteiger partial charge in [-0.1, -0.05) is 36.4 Å². The number of halogens is 9. The minimum atomic E-state index is -4.46. The van der Waals surface area contributed by atoms with E-state index in [1.807, 2.05) is 0 Å². The predicted octanol–water partition coefficient (Wildman–Crippen LogP) is 4.04. The molecule has 3 aromatic rings. The van der Waals surface area contributed by atoms with Crippen molar-refractivity contribution in [3.8, 4) is 0 Å². The molecule has 3 aromatic carbocycles. The van der Waals surface area contributed by atoms with E-state index in [1.54, 1.807) is 0 Å². The van der Waals surface area contributed by atoms with Crippen molar-refractivity contribution in [2.75, 3.05) is 0 Å². The molecule has 0 amide bonds. The van der Waals surface area contributed by atoms with E-state index in [-0.39, 0.29) is 13.3 Å². The second kappa shape index (κ2) is 7.43. The van der Waals surface area contributed by atoms with Gasteiger partial charge in [0.1, 0.15) is 0 Å². The Morgan fingerprint density at radius 2 is 0.586 bits per heavy atom. The summed E-state index contributed by atoms with van der Waals surface area (Å²) in [6.45, 7) is 0. The van der Waals surface area contributed by atoms with Crippen LogP contribution in [0.4, 0.5) is 39.5 Å². The van der Waals surface area contributed by atoms with E-state index in [0.29, 0.717) is 36.4 Å². The number of rotatable bonds is 3. The van der Waals surface area contributed by atoms with Gasteiger partial charge in [-0.25, -0.2) is 52.8 Å². The van der Waals surface area contributed by atoms with Crippen LogP contribution in [0.5, 0.6) is 0 Å². The highest BCUT2D eigenvalue weighted by molar-refractivity contribution is 7.10. The molecule has 0 radical (unpaired) electrons. The average Bonchev–Trinajstić information content (AvgIpc) is 2.66. The molecule has 0 saturated carbocycles. The molecule has 0 heterocycles. The fraction of sp³-hybridized carbons (Fsp3) is 0.0526. The smallest absolute Gasteiger partial charge is 0.217 e. The second-order valence-corrected chi connectivity index (χ2v) is 11.3. The number of hydrogen-bond acceptors (Lipinski definition) is 0. The van der Waals surface area contributed by atoms with Crippen LogP contribution in [0.2, 0.25) is 5.79 Å². The lowest BCUT2D eigenvalue weighted by molar-refractivity contribution is 0.447. The van der Waals surface area contributed by atoms with Gasteiger partial charge in [0.05, 0.1) is 0 Å². The molecule has 0 saturated heterocycles. The molecule has 0 bridgehead atoms. The molecule has 152 valence electrons. The fourth-order valence-electron chi connectivity index (χ4n) is 3.30. The zero-order valence-corrected chi connectivity index (χ0v) is 15.6. The van der Waals surface area contributed by atoms with Gasteiger partial charge in [-0.15, -0.1) is 0 Å². The fourth-order valence-corrected chi connectivity index (χ4v) is 7.34. The standard InChI is InChI=1S/3C6H2F3.CH3.Al/c3*7-4-2-1-3-5(8)6(4)9;;/h3*2-3H;1H3;/q;;;;-1. The molecule has 0 aliphatic heterocycles. The maximum absolute atomic E-state index is 13.8. The third-order valence-electron chi connectivity index (χ3n) is 5.02. The first kappa shape index (κ1) is 21.3. The number of hydrogen-bond donors (Lipinski definition) is 0. The average molecular weight is 435 g/mol. The van der Waals surface area contributed by atoms with E-state index in [0.717, 1.165) is 0 Å². The molecule has 0 spiro atoms. The second-order valence-electron chi connectivity index (χ2n) is 6.69. The van der Waals surface area contributed by atoms with E-state index in [2.05, 4.69) is 0 Å². The van der Waals surface area contributed by atoms with Crippen molar-refractivity contribution in [1.29, 1.82) is 0 Å². The van der Waals surface area contributed by atoms with Gasteiger partial charge >= 0.3 is 0 Å². The number of benzene rings is 3. The lowest BCUT2D eigenvalue weighted by Crippen LogP contribution is -2.65. The van der Waals surface area contributed by atoms with Gasteiger partial charge in [0.25, 0.3) is 0 Å². The molecule has 0 fully saturated rings. The molecule has 0 aliphatic rings. The van der Waals surface area contributed by atoms with Crippen molar-refractivity contribution in [3.05, 3.63) is 88.8 Å². The topological polar surface area (TPSA) is 0 Å². The summed E-state index contributed by atoms with van der Waals surface area (Å²) in [4.78, 5) is 0. The monoisotopic (exact) mass is 435 g/mol. The Labute approximate surface area is 160 Å². The van der Waals surface area contributed by atoms with E-state index in [9.17, 15) is 39.5 Å². The first-order valence-corrected chi connectivity index (χ1v) is 11.0. The molecule has 0 N–H and O–H groups in total. The van der Waals surface area contributed by atoms with Crippen molar-refractivity contribution in [2.24, 2.45) is 0 Å². The highest BCUT2D eigenvalue weighted by Gasteiger charge is 2.34. The largest absolute Gasteiger partial charge is 0.232 e. The predicted molar refractivity (Wildman–Crippen MR) is 89.5 cm³/mol. The highest BCUT2D eigenvalue weighted by atomic mass is 27.2. The molecule has 0 unspecified atom stereocenters. The molecule has 29 heavy (non-hydrogen) atoms. The zero-order chi connectivity index (χ0) is 21.7. The first-order valence-electron chi connectivity index (χ1n) is 8.11. The molecule has 3 rings (SSSR count). The van der Waals surface area contributed by atoms with Crippen LogP contribution in [0, 0.1) is 52.4 Å². The first-order chi connectivity index (χ1) is 13.5. The maximum atomic E-state index is 13.8. The Balaban J connectivity index is 2.42. The minimum Gasteiger partial charge on any atom is -0.217 e. The quantitative estimate of drug-likeness (QED) is 0.331. The van der Waals surface area contributed by atoms with Crippen LogP contribution in [0.15, 0.2) is 36.4 Å². The Morgan fingerprint density at radius 3 is 0.759 bits per heavy atom. The van der Waals surface area contributed by atoms with Gasteiger partial charge in [0, 0.05) is 0 Å². The van der Waals surface area contributed by atoms with Crippen molar-refractivity contribution in [2.45, 2.75) is 5.79 Å². The molecule has 0 atom stereocenters. The van der Waals surface area contributed by atoms with Crippen LogP contribution in [-0.2, 0) is 0 Å². The summed E-state index contributed by atoms with van der Waals surface area (Å²) in [6, 6.07) is 3.09. The van der Waals surface area contributed by atoms with Gasteiger partial charge in [0.2, 0.25) is 13.1 Å². The SMILES string of the molecule is [CH3][Al-]([c]1cc(F)c(F)c(F)c1)([c]1cc(F)c(F)c(F)c1)[c]1cc(F)c(F)c(F)c1. The van der Waals surface area contributed by atoms with Crippen molar-refractivity contribution < 1.29 is 39.5 Å². The molecular formula is C19H9AlF9-. The van der Waals surface area contributed by atoms with Gasteiger partial charge in [-0.3, -0.25) is 0 Å². The summed E-state index contributed by atoms with van der Waals surface area (Å²) < 4.78 is 122. The van der Waals surface area contributed by atoms with Crippen molar-refractivity contribution in [3.63, 3.8) is 0 Å². The summed E-state index contributed by atoms with van der Waals surface area (Å²) in [5, 5.41) is 0. The van der Waals surface area contributed by atoms with Gasteiger partial charge < -0.3 is 0 Å². The third-order valence-corrected chi connectivity index (χ3v) is 10.0. The Morgan fingerprint density at radius 1 is 0.414 bits per heavy atom. The van der Waals surface area contributed by atoms with Gasteiger partial charge in [-0.05, 0) is 0 Å². The zero-order valence-electron chi connectivity index (χ0n) is 14.4. The molecule has 10 heteroatoms. The lowest BCUT2D eigenvalue weighted by Gasteiger charge is -2.36. The van der Waals surface area contributed by atoms with E-state index >= 15 is 0 Å². The highest BCUT2D eigenvalue weighted by Crippen LogP contribution is 2.18. The van der Waals surface area contributed by atoms with Crippen molar-refractivity contribution >= 4 is 26.4 Å². The van der Waals surface area contributed by atoms with Crippen LogP contribution < -0.4 is 13.3 Å². The maximum Gasteiger partial charge on any atom is 0.232 e. The normalized spacial score (nSPS) is 11.8. The summed E-state index contributed by atoms with van der Waals surface area (Å²) in [5.41, 5.74) is 0.